The minimum atomic E-state index is -0.0528. The molecule has 2 aromatic rings. The summed E-state index contributed by atoms with van der Waals surface area (Å²) in [6.45, 7) is 10.3. The van der Waals surface area contributed by atoms with Gasteiger partial charge >= 0.3 is 0 Å². The Morgan fingerprint density at radius 1 is 1.10 bits per heavy atom. The number of anilines is 2. The van der Waals surface area contributed by atoms with E-state index in [4.69, 9.17) is 0 Å². The van der Waals surface area contributed by atoms with Crippen LogP contribution in [0.25, 0.3) is 0 Å². The number of nitrogens with zero attached hydrogens (tertiary/aromatic N) is 3. The zero-order valence-electron chi connectivity index (χ0n) is 18.7. The summed E-state index contributed by atoms with van der Waals surface area (Å²) in [6, 6.07) is 6.07. The summed E-state index contributed by atoms with van der Waals surface area (Å²) in [7, 11) is 0. The number of carbonyl (C=O) groups excluding carboxylic acids is 2. The molecule has 0 spiro atoms. The van der Waals surface area contributed by atoms with Crippen molar-refractivity contribution >= 4 is 35.1 Å². The van der Waals surface area contributed by atoms with Gasteiger partial charge in [0.25, 0.3) is 0 Å². The van der Waals surface area contributed by atoms with Crippen LogP contribution in [0.4, 0.5) is 11.5 Å². The van der Waals surface area contributed by atoms with Crippen molar-refractivity contribution in [1.29, 1.82) is 0 Å². The van der Waals surface area contributed by atoms with Crippen LogP contribution in [0.5, 0.6) is 0 Å². The van der Waals surface area contributed by atoms with E-state index in [-0.39, 0.29) is 23.5 Å². The summed E-state index contributed by atoms with van der Waals surface area (Å²) in [5, 5.41) is 6.70. The van der Waals surface area contributed by atoms with Crippen LogP contribution in [0.2, 0.25) is 0 Å². The number of rotatable bonds is 7. The minimum absolute atomic E-state index is 0.0528. The Balaban J connectivity index is 1.54. The molecule has 0 aliphatic carbocycles. The highest BCUT2D eigenvalue weighted by molar-refractivity contribution is 7.99. The zero-order valence-corrected chi connectivity index (χ0v) is 19.5. The summed E-state index contributed by atoms with van der Waals surface area (Å²) in [4.78, 5) is 35.4. The SMILES string of the molecule is CCNC(=O)C1CCN(c2cc(SCC(=O)Nc3c(C)cc(C)cc3C)ncn2)CC1. The van der Waals surface area contributed by atoms with Gasteiger partial charge in [-0.25, -0.2) is 9.97 Å². The highest BCUT2D eigenvalue weighted by Crippen LogP contribution is 2.26. The monoisotopic (exact) mass is 441 g/mol. The highest BCUT2D eigenvalue weighted by atomic mass is 32.2. The van der Waals surface area contributed by atoms with E-state index in [1.807, 2.05) is 26.8 Å². The van der Waals surface area contributed by atoms with Gasteiger partial charge in [0, 0.05) is 37.3 Å². The molecule has 2 amide bonds. The molecule has 1 saturated heterocycles. The van der Waals surface area contributed by atoms with E-state index in [1.54, 1.807) is 6.33 Å². The lowest BCUT2D eigenvalue weighted by Gasteiger charge is -2.32. The number of hydrogen-bond donors (Lipinski definition) is 2. The van der Waals surface area contributed by atoms with Crippen molar-refractivity contribution in [2.45, 2.75) is 45.6 Å². The molecule has 2 N–H and O–H groups in total. The molecule has 31 heavy (non-hydrogen) atoms. The van der Waals surface area contributed by atoms with Gasteiger partial charge in [0.15, 0.2) is 0 Å². The first-order valence-corrected chi connectivity index (χ1v) is 11.7. The second-order valence-corrected chi connectivity index (χ2v) is 8.98. The van der Waals surface area contributed by atoms with Crippen LogP contribution in [-0.4, -0.2) is 47.2 Å². The van der Waals surface area contributed by atoms with Gasteiger partial charge in [-0.3, -0.25) is 9.59 Å². The minimum Gasteiger partial charge on any atom is -0.356 e. The third-order valence-electron chi connectivity index (χ3n) is 5.46. The van der Waals surface area contributed by atoms with Gasteiger partial charge in [-0.2, -0.15) is 0 Å². The van der Waals surface area contributed by atoms with E-state index < -0.39 is 0 Å². The normalized spacial score (nSPS) is 14.4. The summed E-state index contributed by atoms with van der Waals surface area (Å²) in [5.74, 6) is 1.29. The average molecular weight is 442 g/mol. The second kappa shape index (κ2) is 10.6. The summed E-state index contributed by atoms with van der Waals surface area (Å²) < 4.78 is 0. The molecule has 0 saturated carbocycles. The number of hydrogen-bond acceptors (Lipinski definition) is 6. The summed E-state index contributed by atoms with van der Waals surface area (Å²) in [6.07, 6.45) is 3.17. The molecule has 1 aromatic heterocycles. The molecule has 1 aliphatic rings. The van der Waals surface area contributed by atoms with Gasteiger partial charge in [-0.05, 0) is 51.7 Å². The van der Waals surface area contributed by atoms with Crippen LogP contribution in [0.15, 0.2) is 29.6 Å². The number of benzene rings is 1. The molecule has 7 nitrogen and oxygen atoms in total. The van der Waals surface area contributed by atoms with Crippen LogP contribution in [0, 0.1) is 26.7 Å². The quantitative estimate of drug-likeness (QED) is 0.505. The maximum absolute atomic E-state index is 12.5. The first kappa shape index (κ1) is 23.1. The molecule has 0 radical (unpaired) electrons. The first-order valence-electron chi connectivity index (χ1n) is 10.7. The van der Waals surface area contributed by atoms with E-state index in [1.165, 1.54) is 17.3 Å². The summed E-state index contributed by atoms with van der Waals surface area (Å²) >= 11 is 1.40. The number of amides is 2. The van der Waals surface area contributed by atoms with E-state index in [2.05, 4.69) is 44.6 Å². The molecule has 0 atom stereocenters. The lowest BCUT2D eigenvalue weighted by Crippen LogP contribution is -2.40. The van der Waals surface area contributed by atoms with Crippen molar-refractivity contribution in [3.63, 3.8) is 0 Å². The topological polar surface area (TPSA) is 87.2 Å². The lowest BCUT2D eigenvalue weighted by atomic mass is 9.96. The smallest absolute Gasteiger partial charge is 0.234 e. The number of thioether (sulfide) groups is 1. The predicted molar refractivity (Wildman–Crippen MR) is 126 cm³/mol. The maximum Gasteiger partial charge on any atom is 0.234 e. The molecule has 8 heteroatoms. The molecular formula is C23H31N5O2S. The fraction of sp³-hybridized carbons (Fsp3) is 0.478. The Morgan fingerprint density at radius 3 is 2.42 bits per heavy atom. The van der Waals surface area contributed by atoms with E-state index in [0.29, 0.717) is 6.54 Å². The number of carbonyl (C=O) groups is 2. The maximum atomic E-state index is 12.5. The van der Waals surface area contributed by atoms with Gasteiger partial charge < -0.3 is 15.5 Å². The number of piperidine rings is 1. The lowest BCUT2D eigenvalue weighted by molar-refractivity contribution is -0.125. The van der Waals surface area contributed by atoms with Gasteiger partial charge in [0.1, 0.15) is 17.2 Å². The Kier molecular flexibility index (Phi) is 7.90. The third-order valence-corrected chi connectivity index (χ3v) is 6.39. The van der Waals surface area contributed by atoms with Crippen LogP contribution >= 0.6 is 11.8 Å². The molecule has 166 valence electrons. The van der Waals surface area contributed by atoms with Crippen LogP contribution in [-0.2, 0) is 9.59 Å². The molecule has 3 rings (SSSR count). The molecule has 2 heterocycles. The van der Waals surface area contributed by atoms with Gasteiger partial charge in [-0.15, -0.1) is 0 Å². The molecule has 0 bridgehead atoms. The van der Waals surface area contributed by atoms with Crippen molar-refractivity contribution in [1.82, 2.24) is 15.3 Å². The van der Waals surface area contributed by atoms with Crippen molar-refractivity contribution in [3.05, 3.63) is 41.2 Å². The van der Waals surface area contributed by atoms with Crippen molar-refractivity contribution in [3.8, 4) is 0 Å². The first-order chi connectivity index (χ1) is 14.9. The standard InChI is InChI=1S/C23H31N5O2S/c1-5-24-23(30)18-6-8-28(9-7-18)19-12-21(26-14-25-19)31-13-20(29)27-22-16(3)10-15(2)11-17(22)4/h10-12,14,18H,5-9,13H2,1-4H3,(H,24,30)(H,27,29). The van der Waals surface area contributed by atoms with Gasteiger partial charge in [0.05, 0.1) is 5.75 Å². The Labute approximate surface area is 188 Å². The molecule has 1 aromatic carbocycles. The molecule has 0 unspecified atom stereocenters. The highest BCUT2D eigenvalue weighted by Gasteiger charge is 2.25. The van der Waals surface area contributed by atoms with Crippen molar-refractivity contribution < 1.29 is 9.59 Å². The van der Waals surface area contributed by atoms with Crippen LogP contribution < -0.4 is 15.5 Å². The number of aromatic nitrogens is 2. The van der Waals surface area contributed by atoms with Crippen molar-refractivity contribution in [2.75, 3.05) is 35.6 Å². The Hall–Kier alpha value is -2.61. The second-order valence-electron chi connectivity index (χ2n) is 7.98. The molecular weight excluding hydrogens is 410 g/mol. The number of aryl methyl sites for hydroxylation is 3. The van der Waals surface area contributed by atoms with E-state index in [0.717, 1.165) is 53.6 Å². The van der Waals surface area contributed by atoms with Crippen molar-refractivity contribution in [2.24, 2.45) is 5.92 Å². The fourth-order valence-corrected chi connectivity index (χ4v) is 4.62. The average Bonchev–Trinajstić information content (AvgIpc) is 2.75. The Morgan fingerprint density at radius 2 is 1.77 bits per heavy atom. The van der Waals surface area contributed by atoms with Gasteiger partial charge in [0.2, 0.25) is 11.8 Å². The summed E-state index contributed by atoms with van der Waals surface area (Å²) in [5.41, 5.74) is 4.20. The molecule has 1 fully saturated rings. The zero-order chi connectivity index (χ0) is 22.4. The Bertz CT molecular complexity index is 918. The van der Waals surface area contributed by atoms with E-state index >= 15 is 0 Å². The number of nitrogens with one attached hydrogen (secondary N) is 2. The van der Waals surface area contributed by atoms with Gasteiger partial charge in [-0.1, -0.05) is 29.5 Å². The van der Waals surface area contributed by atoms with Crippen LogP contribution in [0.1, 0.15) is 36.5 Å². The largest absolute Gasteiger partial charge is 0.356 e. The molecule has 1 aliphatic heterocycles. The third kappa shape index (κ3) is 6.19. The van der Waals surface area contributed by atoms with E-state index in [9.17, 15) is 9.59 Å². The van der Waals surface area contributed by atoms with Crippen LogP contribution in [0.3, 0.4) is 0 Å². The predicted octanol–water partition coefficient (Wildman–Crippen LogP) is 3.49. The fourth-order valence-electron chi connectivity index (χ4n) is 3.96.